The van der Waals surface area contributed by atoms with Gasteiger partial charge in [0.05, 0.1) is 5.69 Å². The summed E-state index contributed by atoms with van der Waals surface area (Å²) in [5.74, 6) is 0.490. The second kappa shape index (κ2) is 5.37. The number of aryl methyl sites for hydroxylation is 2. The summed E-state index contributed by atoms with van der Waals surface area (Å²) < 4.78 is 2.54. The minimum absolute atomic E-state index is 0.490. The molecule has 0 saturated heterocycles. The maximum Gasteiger partial charge on any atom is 0.0542 e. The number of benzene rings is 2. The van der Waals surface area contributed by atoms with Gasteiger partial charge in [0.2, 0.25) is 0 Å². The highest BCUT2D eigenvalue weighted by molar-refractivity contribution is 5.95. The van der Waals surface area contributed by atoms with Crippen LogP contribution in [-0.2, 0) is 6.54 Å². The fourth-order valence-electron chi connectivity index (χ4n) is 4.92. The van der Waals surface area contributed by atoms with E-state index in [2.05, 4.69) is 59.7 Å². The zero-order valence-corrected chi connectivity index (χ0v) is 15.0. The van der Waals surface area contributed by atoms with Gasteiger partial charge in [-0.05, 0) is 55.5 Å². The second-order valence-electron chi connectivity index (χ2n) is 7.60. The second-order valence-corrected chi connectivity index (χ2v) is 7.60. The Morgan fingerprint density at radius 3 is 2.80 bits per heavy atom. The molecule has 0 aliphatic carbocycles. The zero-order chi connectivity index (χ0) is 17.1. The van der Waals surface area contributed by atoms with Crippen molar-refractivity contribution in [2.24, 2.45) is 5.73 Å². The highest BCUT2D eigenvalue weighted by Gasteiger charge is 2.31. The zero-order valence-electron chi connectivity index (χ0n) is 15.0. The van der Waals surface area contributed by atoms with E-state index in [4.69, 9.17) is 5.73 Å². The highest BCUT2D eigenvalue weighted by atomic mass is 15.2. The average Bonchev–Trinajstić information content (AvgIpc) is 2.79. The predicted molar refractivity (Wildman–Crippen MR) is 105 cm³/mol. The van der Waals surface area contributed by atoms with Gasteiger partial charge in [-0.3, -0.25) is 0 Å². The Bertz CT molecular complexity index is 983. The Morgan fingerprint density at radius 1 is 1.08 bits per heavy atom. The molecule has 0 radical (unpaired) electrons. The van der Waals surface area contributed by atoms with Gasteiger partial charge in [-0.15, -0.1) is 0 Å². The summed E-state index contributed by atoms with van der Waals surface area (Å²) >= 11 is 0. The van der Waals surface area contributed by atoms with Gasteiger partial charge in [0.1, 0.15) is 0 Å². The van der Waals surface area contributed by atoms with Crippen molar-refractivity contribution in [3.63, 3.8) is 0 Å². The predicted octanol–water partition coefficient (Wildman–Crippen LogP) is 4.19. The Kier molecular flexibility index (Phi) is 3.23. The van der Waals surface area contributed by atoms with Crippen LogP contribution in [0.5, 0.6) is 0 Å². The first-order valence-corrected chi connectivity index (χ1v) is 9.36. The third-order valence-electron chi connectivity index (χ3n) is 6.18. The van der Waals surface area contributed by atoms with Crippen molar-refractivity contribution in [1.82, 2.24) is 4.57 Å². The minimum atomic E-state index is 0.490. The van der Waals surface area contributed by atoms with E-state index in [1.54, 1.807) is 0 Å². The fourth-order valence-corrected chi connectivity index (χ4v) is 4.92. The van der Waals surface area contributed by atoms with Crippen molar-refractivity contribution in [2.75, 3.05) is 24.5 Å². The summed E-state index contributed by atoms with van der Waals surface area (Å²) in [4.78, 5) is 2.59. The molecule has 0 amide bonds. The summed E-state index contributed by atoms with van der Waals surface area (Å²) in [5, 5.41) is 1.39. The molecule has 1 aromatic heterocycles. The molecule has 0 spiro atoms. The van der Waals surface area contributed by atoms with Crippen LogP contribution in [0, 0.1) is 13.8 Å². The lowest BCUT2D eigenvalue weighted by Gasteiger charge is -2.35. The molecule has 2 aliphatic heterocycles. The molecule has 2 aliphatic rings. The van der Waals surface area contributed by atoms with Crippen LogP contribution >= 0.6 is 0 Å². The van der Waals surface area contributed by atoms with Crippen molar-refractivity contribution in [2.45, 2.75) is 32.7 Å². The summed E-state index contributed by atoms with van der Waals surface area (Å²) in [6.07, 6.45) is 1.17. The third-order valence-corrected chi connectivity index (χ3v) is 6.18. The van der Waals surface area contributed by atoms with Crippen LogP contribution < -0.4 is 10.6 Å². The van der Waals surface area contributed by atoms with Crippen molar-refractivity contribution in [1.29, 1.82) is 0 Å². The number of aromatic nitrogens is 1. The standard InChI is InChI=1S/C22H25N3/c1-14-6-7-17-15(2)21-19-5-3-4-18-16(13-23)8-9-24(22(18)19)10-11-25(21)20(17)12-14/h3-7,12,16H,8-11,13,23H2,1-2H3. The molecule has 2 N–H and O–H groups in total. The van der Waals surface area contributed by atoms with Crippen molar-refractivity contribution in [3.8, 4) is 11.3 Å². The van der Waals surface area contributed by atoms with Gasteiger partial charge in [0, 0.05) is 41.8 Å². The van der Waals surface area contributed by atoms with Crippen molar-refractivity contribution in [3.05, 3.63) is 53.1 Å². The SMILES string of the molecule is Cc1ccc2c(C)c3n(c2c1)CCN1CCC(CN)c2cccc-3c21. The van der Waals surface area contributed by atoms with E-state index in [1.807, 2.05) is 0 Å². The number of nitrogens with zero attached hydrogens (tertiary/aromatic N) is 2. The molecule has 5 rings (SSSR count). The fraction of sp³-hybridized carbons (Fsp3) is 0.364. The number of para-hydroxylation sites is 1. The topological polar surface area (TPSA) is 34.2 Å². The molecule has 1 atom stereocenters. The Labute approximate surface area is 149 Å². The van der Waals surface area contributed by atoms with E-state index >= 15 is 0 Å². The molecule has 3 heterocycles. The summed E-state index contributed by atoms with van der Waals surface area (Å²) in [6.45, 7) is 8.44. The number of fused-ring (bicyclic) bond motifs is 4. The number of rotatable bonds is 1. The average molecular weight is 331 g/mol. The maximum atomic E-state index is 6.09. The molecule has 0 saturated carbocycles. The molecule has 0 bridgehead atoms. The smallest absolute Gasteiger partial charge is 0.0542 e. The molecule has 128 valence electrons. The first-order chi connectivity index (χ1) is 12.2. The molecule has 25 heavy (non-hydrogen) atoms. The molecular weight excluding hydrogens is 306 g/mol. The van der Waals surface area contributed by atoms with Crippen LogP contribution in [0.4, 0.5) is 5.69 Å². The molecule has 3 aromatic rings. The van der Waals surface area contributed by atoms with Crippen LogP contribution in [0.3, 0.4) is 0 Å². The number of anilines is 1. The lowest BCUT2D eigenvalue weighted by atomic mass is 9.87. The highest BCUT2D eigenvalue weighted by Crippen LogP contribution is 2.46. The van der Waals surface area contributed by atoms with Gasteiger partial charge in [0.25, 0.3) is 0 Å². The molecule has 3 heteroatoms. The van der Waals surface area contributed by atoms with E-state index in [9.17, 15) is 0 Å². The van der Waals surface area contributed by atoms with E-state index in [0.717, 1.165) is 26.2 Å². The van der Waals surface area contributed by atoms with Gasteiger partial charge >= 0.3 is 0 Å². The number of hydrogen-bond donors (Lipinski definition) is 1. The van der Waals surface area contributed by atoms with Crippen LogP contribution in [0.15, 0.2) is 36.4 Å². The molecule has 0 fully saturated rings. The quantitative estimate of drug-likeness (QED) is 0.725. The molecule has 2 aromatic carbocycles. The normalized spacial score (nSPS) is 18.8. The van der Waals surface area contributed by atoms with Crippen molar-refractivity contribution < 1.29 is 0 Å². The molecular formula is C22H25N3. The summed E-state index contributed by atoms with van der Waals surface area (Å²) in [5.41, 5.74) is 15.9. The Hall–Kier alpha value is -2.26. The first kappa shape index (κ1) is 15.0. The lowest BCUT2D eigenvalue weighted by Crippen LogP contribution is -2.34. The van der Waals surface area contributed by atoms with Crippen LogP contribution in [0.1, 0.15) is 29.0 Å². The van der Waals surface area contributed by atoms with E-state index in [-0.39, 0.29) is 0 Å². The van der Waals surface area contributed by atoms with Crippen LogP contribution in [0.25, 0.3) is 22.2 Å². The number of hydrogen-bond acceptors (Lipinski definition) is 2. The molecule has 3 nitrogen and oxygen atoms in total. The Morgan fingerprint density at radius 2 is 1.96 bits per heavy atom. The van der Waals surface area contributed by atoms with E-state index in [0.29, 0.717) is 5.92 Å². The van der Waals surface area contributed by atoms with Gasteiger partial charge in [0.15, 0.2) is 0 Å². The molecule has 1 unspecified atom stereocenters. The monoisotopic (exact) mass is 331 g/mol. The first-order valence-electron chi connectivity index (χ1n) is 9.36. The van der Waals surface area contributed by atoms with E-state index in [1.165, 1.54) is 51.0 Å². The number of nitrogens with two attached hydrogens (primary N) is 1. The largest absolute Gasteiger partial charge is 0.369 e. The van der Waals surface area contributed by atoms with Crippen LogP contribution in [0.2, 0.25) is 0 Å². The van der Waals surface area contributed by atoms with Gasteiger partial charge < -0.3 is 15.2 Å². The third kappa shape index (κ3) is 2.02. The minimum Gasteiger partial charge on any atom is -0.369 e. The van der Waals surface area contributed by atoms with Gasteiger partial charge in [-0.25, -0.2) is 0 Å². The van der Waals surface area contributed by atoms with Gasteiger partial charge in [-0.2, -0.15) is 0 Å². The lowest BCUT2D eigenvalue weighted by molar-refractivity contribution is 0.571. The summed E-state index contributed by atoms with van der Waals surface area (Å²) in [6, 6.07) is 13.7. The summed E-state index contributed by atoms with van der Waals surface area (Å²) in [7, 11) is 0. The maximum absolute atomic E-state index is 6.09. The van der Waals surface area contributed by atoms with Gasteiger partial charge in [-0.1, -0.05) is 30.3 Å². The Balaban J connectivity index is 1.85. The van der Waals surface area contributed by atoms with E-state index < -0.39 is 0 Å². The van der Waals surface area contributed by atoms with Crippen molar-refractivity contribution >= 4 is 16.6 Å². The van der Waals surface area contributed by atoms with Crippen LogP contribution in [-0.4, -0.2) is 24.2 Å².